The second-order valence-electron chi connectivity index (χ2n) is 5.79. The summed E-state index contributed by atoms with van der Waals surface area (Å²) < 4.78 is 5.56. The number of nitrogens with zero attached hydrogens (tertiary/aromatic N) is 2. The van der Waals surface area contributed by atoms with Gasteiger partial charge in [0.25, 0.3) is 11.5 Å². The van der Waals surface area contributed by atoms with Crippen LogP contribution in [0.1, 0.15) is 16.2 Å². The lowest BCUT2D eigenvalue weighted by Gasteiger charge is -2.05. The fourth-order valence-electron chi connectivity index (χ4n) is 2.59. The number of hydrogen-bond acceptors (Lipinski definition) is 5. The number of hydrogen-bond donors (Lipinski definition) is 2. The highest BCUT2D eigenvalue weighted by Gasteiger charge is 2.14. The van der Waals surface area contributed by atoms with Crippen LogP contribution >= 0.6 is 0 Å². The summed E-state index contributed by atoms with van der Waals surface area (Å²) in [5, 5.41) is 9.17. The van der Waals surface area contributed by atoms with Crippen molar-refractivity contribution in [3.05, 3.63) is 76.4 Å². The molecule has 2 N–H and O–H groups in total. The van der Waals surface area contributed by atoms with Gasteiger partial charge < -0.3 is 9.73 Å². The predicted octanol–water partition coefficient (Wildman–Crippen LogP) is 3.14. The number of aryl methyl sites for hydroxylation is 1. The minimum Gasteiger partial charge on any atom is -0.449 e. The van der Waals surface area contributed by atoms with Crippen molar-refractivity contribution >= 4 is 22.7 Å². The molecule has 0 saturated heterocycles. The van der Waals surface area contributed by atoms with Gasteiger partial charge in [-0.2, -0.15) is 5.10 Å². The number of carbonyl (C=O) groups excluding carboxylic acids is 1. The lowest BCUT2D eigenvalue weighted by atomic mass is 10.1. The molecule has 0 radical (unpaired) electrons. The van der Waals surface area contributed by atoms with Crippen molar-refractivity contribution in [3.8, 4) is 11.3 Å². The van der Waals surface area contributed by atoms with Gasteiger partial charge in [-0.15, -0.1) is 0 Å². The monoisotopic (exact) mass is 346 g/mol. The minimum atomic E-state index is -0.368. The Labute approximate surface area is 147 Å². The third-order valence-corrected chi connectivity index (χ3v) is 3.83. The van der Waals surface area contributed by atoms with Crippen LogP contribution in [0, 0.1) is 6.92 Å². The van der Waals surface area contributed by atoms with Gasteiger partial charge in [0, 0.05) is 29.1 Å². The molecule has 4 aromatic rings. The normalized spacial score (nSPS) is 10.8. The van der Waals surface area contributed by atoms with Gasteiger partial charge in [0.1, 0.15) is 5.52 Å². The number of fused-ring (bicyclic) bond motifs is 1. The van der Waals surface area contributed by atoms with E-state index in [2.05, 4.69) is 20.5 Å². The number of nitrogens with one attached hydrogen (secondary N) is 2. The van der Waals surface area contributed by atoms with Crippen LogP contribution in [0.2, 0.25) is 0 Å². The third-order valence-electron chi connectivity index (χ3n) is 3.83. The van der Waals surface area contributed by atoms with Gasteiger partial charge in [0.15, 0.2) is 11.3 Å². The number of aromatic nitrogens is 3. The molecule has 7 heteroatoms. The Hall–Kier alpha value is -3.74. The van der Waals surface area contributed by atoms with Crippen molar-refractivity contribution in [2.24, 2.45) is 0 Å². The van der Waals surface area contributed by atoms with Crippen LogP contribution in [0.4, 0.5) is 5.69 Å². The summed E-state index contributed by atoms with van der Waals surface area (Å²) in [6.07, 6.45) is 0. The van der Waals surface area contributed by atoms with Crippen molar-refractivity contribution in [2.75, 3.05) is 5.32 Å². The van der Waals surface area contributed by atoms with E-state index in [9.17, 15) is 9.59 Å². The number of pyridine rings is 1. The molecule has 0 fully saturated rings. The number of amides is 1. The van der Waals surface area contributed by atoms with E-state index in [-0.39, 0.29) is 17.2 Å². The van der Waals surface area contributed by atoms with Crippen molar-refractivity contribution in [2.45, 2.75) is 6.92 Å². The Balaban J connectivity index is 1.59. The van der Waals surface area contributed by atoms with Gasteiger partial charge in [0.2, 0.25) is 0 Å². The average Bonchev–Trinajstić information content (AvgIpc) is 3.06. The Kier molecular flexibility index (Phi) is 3.81. The van der Waals surface area contributed by atoms with E-state index < -0.39 is 0 Å². The maximum Gasteiger partial charge on any atom is 0.291 e. The fraction of sp³-hybridized carbons (Fsp3) is 0.0526. The van der Waals surface area contributed by atoms with Gasteiger partial charge >= 0.3 is 0 Å². The van der Waals surface area contributed by atoms with E-state index in [1.807, 2.05) is 19.1 Å². The number of H-pyrrole nitrogens is 1. The summed E-state index contributed by atoms with van der Waals surface area (Å²) in [4.78, 5) is 27.9. The van der Waals surface area contributed by atoms with Crippen LogP contribution in [0.25, 0.3) is 22.4 Å². The molecule has 0 unspecified atom stereocenters. The van der Waals surface area contributed by atoms with Crippen LogP contribution in [0.5, 0.6) is 0 Å². The van der Waals surface area contributed by atoms with E-state index in [0.29, 0.717) is 22.5 Å². The highest BCUT2D eigenvalue weighted by molar-refractivity contribution is 6.04. The molecule has 4 rings (SSSR count). The van der Waals surface area contributed by atoms with Crippen molar-refractivity contribution < 1.29 is 9.21 Å². The average molecular weight is 346 g/mol. The van der Waals surface area contributed by atoms with E-state index in [1.54, 1.807) is 36.4 Å². The molecule has 7 nitrogen and oxygen atoms in total. The van der Waals surface area contributed by atoms with Crippen LogP contribution in [-0.4, -0.2) is 21.1 Å². The number of benzene rings is 1. The smallest absolute Gasteiger partial charge is 0.291 e. The molecule has 3 aromatic heterocycles. The molecule has 3 heterocycles. The largest absolute Gasteiger partial charge is 0.449 e. The molecule has 0 saturated carbocycles. The SMILES string of the molecule is Cc1ccc2oc(C(=O)Nc3cccc(-c4ccc(=O)[nH]n4)c3)cc2n1. The summed E-state index contributed by atoms with van der Waals surface area (Å²) in [7, 11) is 0. The van der Waals surface area contributed by atoms with Crippen molar-refractivity contribution in [3.63, 3.8) is 0 Å². The third kappa shape index (κ3) is 3.10. The molecule has 26 heavy (non-hydrogen) atoms. The molecule has 1 aromatic carbocycles. The van der Waals surface area contributed by atoms with Gasteiger partial charge in [0.05, 0.1) is 5.69 Å². The quantitative estimate of drug-likeness (QED) is 0.593. The van der Waals surface area contributed by atoms with E-state index in [4.69, 9.17) is 4.42 Å². The molecule has 0 aliphatic heterocycles. The number of anilines is 1. The van der Waals surface area contributed by atoms with Gasteiger partial charge in [-0.1, -0.05) is 12.1 Å². The summed E-state index contributed by atoms with van der Waals surface area (Å²) >= 11 is 0. The van der Waals surface area contributed by atoms with Gasteiger partial charge in [-0.3, -0.25) is 9.59 Å². The maximum absolute atomic E-state index is 12.5. The highest BCUT2D eigenvalue weighted by Crippen LogP contribution is 2.22. The van der Waals surface area contributed by atoms with Crippen LogP contribution < -0.4 is 10.9 Å². The van der Waals surface area contributed by atoms with Crippen LogP contribution in [0.15, 0.2) is 63.8 Å². The van der Waals surface area contributed by atoms with E-state index >= 15 is 0 Å². The predicted molar refractivity (Wildman–Crippen MR) is 97.0 cm³/mol. The molecular weight excluding hydrogens is 332 g/mol. The maximum atomic E-state index is 12.5. The number of rotatable bonds is 3. The Morgan fingerprint density at radius 1 is 1.12 bits per heavy atom. The first-order valence-corrected chi connectivity index (χ1v) is 7.93. The summed E-state index contributed by atoms with van der Waals surface area (Å²) in [6, 6.07) is 15.4. The zero-order valence-electron chi connectivity index (χ0n) is 13.8. The first-order valence-electron chi connectivity index (χ1n) is 7.93. The fourth-order valence-corrected chi connectivity index (χ4v) is 2.59. The molecule has 0 aliphatic carbocycles. The molecule has 0 bridgehead atoms. The lowest BCUT2D eigenvalue weighted by Crippen LogP contribution is -2.11. The molecule has 0 atom stereocenters. The first-order chi connectivity index (χ1) is 12.6. The number of furan rings is 1. The van der Waals surface area contributed by atoms with Crippen molar-refractivity contribution in [1.29, 1.82) is 0 Å². The molecule has 0 aliphatic rings. The van der Waals surface area contributed by atoms with E-state index in [0.717, 1.165) is 11.3 Å². The highest BCUT2D eigenvalue weighted by atomic mass is 16.3. The summed E-state index contributed by atoms with van der Waals surface area (Å²) in [5.74, 6) is -0.182. The van der Waals surface area contributed by atoms with Gasteiger partial charge in [-0.25, -0.2) is 10.1 Å². The number of carbonyl (C=O) groups is 1. The van der Waals surface area contributed by atoms with Crippen molar-refractivity contribution in [1.82, 2.24) is 15.2 Å². The summed E-state index contributed by atoms with van der Waals surface area (Å²) in [6.45, 7) is 1.88. The molecule has 128 valence electrons. The Bertz CT molecular complexity index is 1160. The minimum absolute atomic E-state index is 0.186. The Morgan fingerprint density at radius 2 is 2.00 bits per heavy atom. The summed E-state index contributed by atoms with van der Waals surface area (Å²) in [5.41, 5.74) is 3.74. The zero-order valence-corrected chi connectivity index (χ0v) is 13.8. The standard InChI is InChI=1S/C19H14N4O3/c1-11-5-7-16-15(20-11)10-17(26-16)19(25)21-13-4-2-3-12(9-13)14-6-8-18(24)23-22-14/h2-10H,1H3,(H,21,25)(H,23,24). The second kappa shape index (κ2) is 6.29. The van der Waals surface area contributed by atoms with Crippen LogP contribution in [0.3, 0.4) is 0 Å². The lowest BCUT2D eigenvalue weighted by molar-refractivity contribution is 0.0998. The van der Waals surface area contributed by atoms with Gasteiger partial charge in [-0.05, 0) is 37.3 Å². The molecular formula is C19H14N4O3. The topological polar surface area (TPSA) is 101 Å². The number of aromatic amines is 1. The second-order valence-corrected chi connectivity index (χ2v) is 5.79. The Morgan fingerprint density at radius 3 is 2.81 bits per heavy atom. The van der Waals surface area contributed by atoms with E-state index in [1.165, 1.54) is 6.07 Å². The zero-order chi connectivity index (χ0) is 18.1. The first kappa shape index (κ1) is 15.8. The molecule has 0 spiro atoms. The van der Waals surface area contributed by atoms with Crippen LogP contribution in [-0.2, 0) is 0 Å². The molecule has 1 amide bonds.